The smallest absolute Gasteiger partial charge is 0.182 e. The van der Waals surface area contributed by atoms with Gasteiger partial charge in [0.2, 0.25) is 0 Å². The van der Waals surface area contributed by atoms with Crippen molar-refractivity contribution in [2.45, 2.75) is 17.2 Å². The molecule has 0 aromatic heterocycles. The second-order valence-electron chi connectivity index (χ2n) is 4.51. The number of nitrogens with two attached hydrogens (primary N) is 1. The SMILES string of the molecule is NCc1cc(F)cc(CS(=O)(=O)c2ccc(F)c(Cl)c2)c1. The van der Waals surface area contributed by atoms with Crippen LogP contribution in [0, 0.1) is 11.6 Å². The molecule has 0 heterocycles. The van der Waals surface area contributed by atoms with Gasteiger partial charge in [-0.25, -0.2) is 17.2 Å². The van der Waals surface area contributed by atoms with E-state index in [2.05, 4.69) is 0 Å². The molecule has 2 aromatic carbocycles. The standard InChI is InChI=1S/C14H12ClF2NO2S/c15-13-6-12(1-2-14(13)17)21(19,20)8-10-3-9(7-18)4-11(16)5-10/h1-6H,7-8,18H2. The van der Waals surface area contributed by atoms with Crippen molar-refractivity contribution in [1.29, 1.82) is 0 Å². The number of sulfone groups is 1. The molecule has 0 aliphatic rings. The Morgan fingerprint density at radius 3 is 2.33 bits per heavy atom. The van der Waals surface area contributed by atoms with Gasteiger partial charge in [0.15, 0.2) is 9.84 Å². The molecule has 0 amide bonds. The third-order valence-corrected chi connectivity index (χ3v) is 4.84. The maximum atomic E-state index is 13.4. The van der Waals surface area contributed by atoms with Crippen molar-refractivity contribution < 1.29 is 17.2 Å². The zero-order valence-corrected chi connectivity index (χ0v) is 12.4. The summed E-state index contributed by atoms with van der Waals surface area (Å²) in [6, 6.07) is 7.03. The van der Waals surface area contributed by atoms with Gasteiger partial charge in [-0.05, 0) is 41.5 Å². The van der Waals surface area contributed by atoms with Crippen molar-refractivity contribution in [2.24, 2.45) is 5.73 Å². The van der Waals surface area contributed by atoms with E-state index in [1.165, 1.54) is 12.1 Å². The van der Waals surface area contributed by atoms with Crippen molar-refractivity contribution in [1.82, 2.24) is 0 Å². The molecular formula is C14H12ClF2NO2S. The Bertz CT molecular complexity index is 779. The van der Waals surface area contributed by atoms with Crippen LogP contribution in [-0.2, 0) is 22.1 Å². The highest BCUT2D eigenvalue weighted by molar-refractivity contribution is 7.90. The molecule has 0 saturated heterocycles. The molecule has 7 heteroatoms. The molecule has 0 fully saturated rings. The first-order valence-corrected chi connectivity index (χ1v) is 8.01. The minimum absolute atomic E-state index is 0.104. The normalized spacial score (nSPS) is 11.6. The predicted molar refractivity (Wildman–Crippen MR) is 76.6 cm³/mol. The van der Waals surface area contributed by atoms with Gasteiger partial charge >= 0.3 is 0 Å². The Kier molecular flexibility index (Phi) is 4.61. The zero-order chi connectivity index (χ0) is 15.6. The topological polar surface area (TPSA) is 60.2 Å². The summed E-state index contributed by atoms with van der Waals surface area (Å²) in [6.45, 7) is 0.104. The highest BCUT2D eigenvalue weighted by Crippen LogP contribution is 2.23. The van der Waals surface area contributed by atoms with E-state index in [1.54, 1.807) is 0 Å². The number of hydrogen-bond acceptors (Lipinski definition) is 3. The van der Waals surface area contributed by atoms with Crippen molar-refractivity contribution in [2.75, 3.05) is 0 Å². The molecular weight excluding hydrogens is 320 g/mol. The molecule has 0 radical (unpaired) electrons. The van der Waals surface area contributed by atoms with Gasteiger partial charge in [-0.15, -0.1) is 0 Å². The minimum Gasteiger partial charge on any atom is -0.326 e. The lowest BCUT2D eigenvalue weighted by Gasteiger charge is -2.07. The van der Waals surface area contributed by atoms with Crippen LogP contribution in [0.5, 0.6) is 0 Å². The molecule has 0 atom stereocenters. The zero-order valence-electron chi connectivity index (χ0n) is 10.8. The van der Waals surface area contributed by atoms with Gasteiger partial charge < -0.3 is 5.73 Å². The van der Waals surface area contributed by atoms with Crippen molar-refractivity contribution >= 4 is 21.4 Å². The average molecular weight is 332 g/mol. The molecule has 0 unspecified atom stereocenters. The third-order valence-electron chi connectivity index (χ3n) is 2.86. The van der Waals surface area contributed by atoms with E-state index in [0.29, 0.717) is 5.56 Å². The molecule has 2 N–H and O–H groups in total. The maximum absolute atomic E-state index is 13.4. The Morgan fingerprint density at radius 1 is 1.05 bits per heavy atom. The lowest BCUT2D eigenvalue weighted by atomic mass is 10.1. The van der Waals surface area contributed by atoms with Crippen molar-refractivity contribution in [3.8, 4) is 0 Å². The molecule has 0 aliphatic heterocycles. The van der Waals surface area contributed by atoms with Crippen LogP contribution in [0.2, 0.25) is 5.02 Å². The van der Waals surface area contributed by atoms with Gasteiger partial charge in [0.05, 0.1) is 15.7 Å². The second kappa shape index (κ2) is 6.09. The predicted octanol–water partition coefficient (Wildman–Crippen LogP) is 3.05. The highest BCUT2D eigenvalue weighted by Gasteiger charge is 2.17. The summed E-state index contributed by atoms with van der Waals surface area (Å²) in [5, 5.41) is -0.280. The summed E-state index contributed by atoms with van der Waals surface area (Å²) in [5.74, 6) is -1.67. The minimum atomic E-state index is -3.75. The van der Waals surface area contributed by atoms with Gasteiger partial charge in [0, 0.05) is 6.54 Å². The van der Waals surface area contributed by atoms with Crippen LogP contribution >= 0.6 is 11.6 Å². The Labute approximate surface area is 126 Å². The number of hydrogen-bond donors (Lipinski definition) is 1. The summed E-state index contributed by atoms with van der Waals surface area (Å²) < 4.78 is 50.9. The van der Waals surface area contributed by atoms with Gasteiger partial charge in [-0.3, -0.25) is 0 Å². The summed E-state index contributed by atoms with van der Waals surface area (Å²) in [6.07, 6.45) is 0. The van der Waals surface area contributed by atoms with Crippen LogP contribution < -0.4 is 5.73 Å². The highest BCUT2D eigenvalue weighted by atomic mass is 35.5. The summed E-state index contributed by atoms with van der Waals surface area (Å²) in [4.78, 5) is -0.118. The van der Waals surface area contributed by atoms with Crippen LogP contribution in [0.15, 0.2) is 41.3 Å². The molecule has 2 rings (SSSR count). The third kappa shape index (κ3) is 3.78. The lowest BCUT2D eigenvalue weighted by molar-refractivity contribution is 0.593. The van der Waals surface area contributed by atoms with E-state index in [9.17, 15) is 17.2 Å². The fraction of sp³-hybridized carbons (Fsp3) is 0.143. The molecule has 0 spiro atoms. The van der Waals surface area contributed by atoms with E-state index in [0.717, 1.165) is 24.3 Å². The van der Waals surface area contributed by atoms with Crippen LogP contribution in [0.4, 0.5) is 8.78 Å². The van der Waals surface area contributed by atoms with Gasteiger partial charge in [-0.2, -0.15) is 0 Å². The van der Waals surface area contributed by atoms with E-state index >= 15 is 0 Å². The quantitative estimate of drug-likeness (QED) is 0.876. The second-order valence-corrected chi connectivity index (χ2v) is 6.90. The monoisotopic (exact) mass is 331 g/mol. The summed E-state index contributed by atoms with van der Waals surface area (Å²) in [7, 11) is -3.75. The Balaban J connectivity index is 2.37. The fourth-order valence-electron chi connectivity index (χ4n) is 1.89. The van der Waals surface area contributed by atoms with Gasteiger partial charge in [0.1, 0.15) is 11.6 Å². The van der Waals surface area contributed by atoms with Crippen LogP contribution in [0.1, 0.15) is 11.1 Å². The number of rotatable bonds is 4. The van der Waals surface area contributed by atoms with E-state index in [-0.39, 0.29) is 22.0 Å². The van der Waals surface area contributed by atoms with E-state index in [4.69, 9.17) is 17.3 Å². The lowest BCUT2D eigenvalue weighted by Crippen LogP contribution is -2.07. The average Bonchev–Trinajstić information content (AvgIpc) is 2.40. The number of benzene rings is 2. The summed E-state index contributed by atoms with van der Waals surface area (Å²) in [5.41, 5.74) is 6.20. The van der Waals surface area contributed by atoms with Crippen LogP contribution in [0.3, 0.4) is 0 Å². The first-order valence-electron chi connectivity index (χ1n) is 5.98. The Morgan fingerprint density at radius 2 is 1.71 bits per heavy atom. The summed E-state index contributed by atoms with van der Waals surface area (Å²) >= 11 is 5.58. The first kappa shape index (κ1) is 15.9. The molecule has 3 nitrogen and oxygen atoms in total. The van der Waals surface area contributed by atoms with Crippen LogP contribution in [-0.4, -0.2) is 8.42 Å². The van der Waals surface area contributed by atoms with Crippen LogP contribution in [0.25, 0.3) is 0 Å². The largest absolute Gasteiger partial charge is 0.326 e. The van der Waals surface area contributed by atoms with E-state index in [1.807, 2.05) is 0 Å². The van der Waals surface area contributed by atoms with Gasteiger partial charge in [-0.1, -0.05) is 17.7 Å². The number of halogens is 3. The first-order chi connectivity index (χ1) is 9.81. The molecule has 0 saturated carbocycles. The van der Waals surface area contributed by atoms with Crippen molar-refractivity contribution in [3.63, 3.8) is 0 Å². The molecule has 0 aliphatic carbocycles. The van der Waals surface area contributed by atoms with Crippen molar-refractivity contribution in [3.05, 3.63) is 64.2 Å². The molecule has 2 aromatic rings. The molecule has 21 heavy (non-hydrogen) atoms. The molecule has 0 bridgehead atoms. The van der Waals surface area contributed by atoms with Gasteiger partial charge in [0.25, 0.3) is 0 Å². The maximum Gasteiger partial charge on any atom is 0.182 e. The van der Waals surface area contributed by atoms with E-state index < -0.39 is 27.2 Å². The Hall–Kier alpha value is -1.50. The molecule has 112 valence electrons. The fourth-order valence-corrected chi connectivity index (χ4v) is 3.48.